The van der Waals surface area contributed by atoms with Gasteiger partial charge in [0.25, 0.3) is 0 Å². The van der Waals surface area contributed by atoms with Crippen molar-refractivity contribution < 1.29 is 4.74 Å². The van der Waals surface area contributed by atoms with Crippen LogP contribution in [-0.4, -0.2) is 31.7 Å². The Morgan fingerprint density at radius 3 is 2.75 bits per heavy atom. The van der Waals surface area contributed by atoms with Crippen LogP contribution in [0.1, 0.15) is 25.3 Å². The molecule has 1 aliphatic rings. The Morgan fingerprint density at radius 2 is 2.10 bits per heavy atom. The summed E-state index contributed by atoms with van der Waals surface area (Å²) in [7, 11) is 0. The molecular weight excluding hydrogens is 365 g/mol. The lowest BCUT2D eigenvalue weighted by molar-refractivity contribution is 0.326. The van der Waals surface area contributed by atoms with Gasteiger partial charge in [0.1, 0.15) is 12.4 Å². The predicted octanol–water partition coefficient (Wildman–Crippen LogP) is 2.71. The Hall–Kier alpha value is -0.980. The van der Waals surface area contributed by atoms with Gasteiger partial charge in [-0.2, -0.15) is 0 Å². The van der Waals surface area contributed by atoms with Gasteiger partial charge in [-0.1, -0.05) is 18.2 Å². The topological polar surface area (TPSA) is 45.7 Å². The Kier molecular flexibility index (Phi) is 7.72. The summed E-state index contributed by atoms with van der Waals surface area (Å²) in [5.74, 6) is 1.84. The van der Waals surface area contributed by atoms with Crippen LogP contribution in [0.4, 0.5) is 0 Å². The molecule has 0 aromatic heterocycles. The van der Waals surface area contributed by atoms with Gasteiger partial charge in [-0.25, -0.2) is 4.99 Å². The van der Waals surface area contributed by atoms with Gasteiger partial charge in [-0.3, -0.25) is 0 Å². The minimum absolute atomic E-state index is 0. The van der Waals surface area contributed by atoms with E-state index in [1.54, 1.807) is 0 Å². The summed E-state index contributed by atoms with van der Waals surface area (Å²) in [6.07, 6.45) is 2.51. The van der Waals surface area contributed by atoms with Crippen LogP contribution in [0.3, 0.4) is 0 Å². The van der Waals surface area contributed by atoms with Crippen LogP contribution in [-0.2, 0) is 0 Å². The molecule has 0 heterocycles. The molecular formula is C15H24IN3O. The molecule has 1 fully saturated rings. The number of para-hydroxylation sites is 1. The second kappa shape index (κ2) is 9.05. The number of ether oxygens (including phenoxy) is 1. The SMILES string of the molecule is CCNC(=NCCOc1ccccc1C)NC1CC1.I. The third-order valence-electron chi connectivity index (χ3n) is 2.97. The molecule has 0 aliphatic heterocycles. The third kappa shape index (κ3) is 5.98. The first kappa shape index (κ1) is 17.1. The highest BCUT2D eigenvalue weighted by Gasteiger charge is 2.21. The van der Waals surface area contributed by atoms with E-state index in [-0.39, 0.29) is 24.0 Å². The lowest BCUT2D eigenvalue weighted by atomic mass is 10.2. The number of nitrogens with one attached hydrogen (secondary N) is 2. The van der Waals surface area contributed by atoms with Crippen molar-refractivity contribution in [3.8, 4) is 5.75 Å². The molecule has 1 saturated carbocycles. The highest BCUT2D eigenvalue weighted by Crippen LogP contribution is 2.18. The van der Waals surface area contributed by atoms with E-state index in [4.69, 9.17) is 4.74 Å². The monoisotopic (exact) mass is 389 g/mol. The van der Waals surface area contributed by atoms with Crippen molar-refractivity contribution in [2.24, 2.45) is 4.99 Å². The predicted molar refractivity (Wildman–Crippen MR) is 94.2 cm³/mol. The number of guanidine groups is 1. The van der Waals surface area contributed by atoms with Crippen LogP contribution >= 0.6 is 24.0 Å². The minimum Gasteiger partial charge on any atom is -0.491 e. The molecule has 1 aromatic rings. The second-order valence-corrected chi connectivity index (χ2v) is 4.79. The van der Waals surface area contributed by atoms with Crippen LogP contribution in [0.25, 0.3) is 0 Å². The molecule has 1 aromatic carbocycles. The van der Waals surface area contributed by atoms with Crippen LogP contribution in [0.2, 0.25) is 0 Å². The largest absolute Gasteiger partial charge is 0.491 e. The van der Waals surface area contributed by atoms with Gasteiger partial charge in [0, 0.05) is 12.6 Å². The van der Waals surface area contributed by atoms with Gasteiger partial charge in [0.2, 0.25) is 0 Å². The average molecular weight is 389 g/mol. The summed E-state index contributed by atoms with van der Waals surface area (Å²) in [6.45, 7) is 6.28. The van der Waals surface area contributed by atoms with Crippen molar-refractivity contribution in [1.29, 1.82) is 0 Å². The zero-order chi connectivity index (χ0) is 13.5. The summed E-state index contributed by atoms with van der Waals surface area (Å²) < 4.78 is 5.72. The zero-order valence-corrected chi connectivity index (χ0v) is 14.5. The normalized spacial score (nSPS) is 14.4. The van der Waals surface area contributed by atoms with Crippen molar-refractivity contribution >= 4 is 29.9 Å². The zero-order valence-electron chi connectivity index (χ0n) is 12.2. The number of halogens is 1. The minimum atomic E-state index is 0. The van der Waals surface area contributed by atoms with Crippen molar-refractivity contribution in [2.75, 3.05) is 19.7 Å². The Morgan fingerprint density at radius 1 is 1.35 bits per heavy atom. The van der Waals surface area contributed by atoms with E-state index in [9.17, 15) is 0 Å². The van der Waals surface area contributed by atoms with Crippen molar-refractivity contribution in [3.63, 3.8) is 0 Å². The number of benzene rings is 1. The van der Waals surface area contributed by atoms with Crippen molar-refractivity contribution in [2.45, 2.75) is 32.7 Å². The Labute approximate surface area is 138 Å². The quantitative estimate of drug-likeness (QED) is 0.341. The van der Waals surface area contributed by atoms with Crippen molar-refractivity contribution in [1.82, 2.24) is 10.6 Å². The fourth-order valence-electron chi connectivity index (χ4n) is 1.77. The van der Waals surface area contributed by atoms with E-state index >= 15 is 0 Å². The van der Waals surface area contributed by atoms with Crippen LogP contribution < -0.4 is 15.4 Å². The molecule has 0 atom stereocenters. The summed E-state index contributed by atoms with van der Waals surface area (Å²) >= 11 is 0. The molecule has 0 amide bonds. The molecule has 4 nitrogen and oxygen atoms in total. The maximum atomic E-state index is 5.72. The van der Waals surface area contributed by atoms with E-state index in [1.807, 2.05) is 18.2 Å². The van der Waals surface area contributed by atoms with Crippen molar-refractivity contribution in [3.05, 3.63) is 29.8 Å². The van der Waals surface area contributed by atoms with E-state index in [0.717, 1.165) is 23.8 Å². The molecule has 0 spiro atoms. The van der Waals surface area contributed by atoms with Gasteiger partial charge in [0.15, 0.2) is 5.96 Å². The fraction of sp³-hybridized carbons (Fsp3) is 0.533. The number of rotatable bonds is 6. The number of aryl methyl sites for hydroxylation is 1. The maximum Gasteiger partial charge on any atom is 0.191 e. The van der Waals surface area contributed by atoms with Crippen LogP contribution in [0.15, 0.2) is 29.3 Å². The van der Waals surface area contributed by atoms with Gasteiger partial charge in [-0.15, -0.1) is 24.0 Å². The number of aliphatic imine (C=N–C) groups is 1. The summed E-state index contributed by atoms with van der Waals surface area (Å²) in [5.41, 5.74) is 1.16. The van der Waals surface area contributed by atoms with E-state index in [2.05, 4.69) is 35.5 Å². The van der Waals surface area contributed by atoms with Gasteiger partial charge >= 0.3 is 0 Å². The molecule has 0 unspecified atom stereocenters. The second-order valence-electron chi connectivity index (χ2n) is 4.79. The summed E-state index contributed by atoms with van der Waals surface area (Å²) in [5, 5.41) is 6.63. The fourth-order valence-corrected chi connectivity index (χ4v) is 1.77. The Bertz CT molecular complexity index is 433. The summed E-state index contributed by atoms with van der Waals surface area (Å²) in [4.78, 5) is 4.51. The molecule has 5 heteroatoms. The van der Waals surface area contributed by atoms with Gasteiger partial charge in [-0.05, 0) is 38.3 Å². The first-order chi connectivity index (χ1) is 9.29. The van der Waals surface area contributed by atoms with E-state index in [1.165, 1.54) is 12.8 Å². The smallest absolute Gasteiger partial charge is 0.191 e. The lowest BCUT2D eigenvalue weighted by Gasteiger charge is -2.11. The van der Waals surface area contributed by atoms with Crippen LogP contribution in [0.5, 0.6) is 5.75 Å². The number of hydrogen-bond donors (Lipinski definition) is 2. The molecule has 1 aliphatic carbocycles. The molecule has 2 rings (SSSR count). The van der Waals surface area contributed by atoms with E-state index in [0.29, 0.717) is 19.2 Å². The molecule has 112 valence electrons. The first-order valence-electron chi connectivity index (χ1n) is 7.03. The standard InChI is InChI=1S/C15H23N3O.HI/c1-3-16-15(18-13-8-9-13)17-10-11-19-14-7-5-4-6-12(14)2;/h4-7,13H,3,8-11H2,1-2H3,(H2,16,17,18);1H. The highest BCUT2D eigenvalue weighted by molar-refractivity contribution is 14.0. The van der Waals surface area contributed by atoms with E-state index < -0.39 is 0 Å². The first-order valence-corrected chi connectivity index (χ1v) is 7.03. The molecule has 0 radical (unpaired) electrons. The Balaban J connectivity index is 0.00000200. The molecule has 2 N–H and O–H groups in total. The molecule has 0 bridgehead atoms. The van der Waals surface area contributed by atoms with Gasteiger partial charge in [0.05, 0.1) is 6.54 Å². The third-order valence-corrected chi connectivity index (χ3v) is 2.97. The van der Waals surface area contributed by atoms with Crippen LogP contribution in [0, 0.1) is 6.92 Å². The summed E-state index contributed by atoms with van der Waals surface area (Å²) in [6, 6.07) is 8.67. The number of hydrogen-bond acceptors (Lipinski definition) is 2. The van der Waals surface area contributed by atoms with Gasteiger partial charge < -0.3 is 15.4 Å². The molecule has 0 saturated heterocycles. The lowest BCUT2D eigenvalue weighted by Crippen LogP contribution is -2.38. The molecule has 20 heavy (non-hydrogen) atoms. The average Bonchev–Trinajstić information content (AvgIpc) is 3.20. The highest BCUT2D eigenvalue weighted by atomic mass is 127. The maximum absolute atomic E-state index is 5.72. The number of nitrogens with zero attached hydrogens (tertiary/aromatic N) is 1.